The van der Waals surface area contributed by atoms with Crippen LogP contribution in [0.2, 0.25) is 0 Å². The van der Waals surface area contributed by atoms with E-state index in [-0.39, 0.29) is 11.6 Å². The van der Waals surface area contributed by atoms with Gasteiger partial charge in [-0.3, -0.25) is 14.9 Å². The van der Waals surface area contributed by atoms with Crippen LogP contribution in [0, 0.1) is 10.1 Å². The minimum absolute atomic E-state index is 0.0211. The van der Waals surface area contributed by atoms with Gasteiger partial charge in [0.15, 0.2) is 0 Å². The summed E-state index contributed by atoms with van der Waals surface area (Å²) in [5, 5.41) is 14.5. The Kier molecular flexibility index (Phi) is 8.69. The number of rotatable bonds is 12. The lowest BCUT2D eigenvalue weighted by molar-refractivity contribution is -0.384. The molecule has 0 fully saturated rings. The molecule has 4 aromatic carbocycles. The van der Waals surface area contributed by atoms with Gasteiger partial charge < -0.3 is 24.8 Å². The van der Waals surface area contributed by atoms with Crippen LogP contribution in [0.15, 0.2) is 84.9 Å². The maximum Gasteiger partial charge on any atom is 0.269 e. The summed E-state index contributed by atoms with van der Waals surface area (Å²) in [6.45, 7) is 13.6. The number of anilines is 2. The molecule has 2 aliphatic heterocycles. The SMILES string of the molecule is CCN(CC)c1ccc2c(c1)Oc1cc(N(CC)CC)ccc1C21c2ccccc2C(=O)N1CCNCc1ccc([N+](=O)[O-])cc1. The fourth-order valence-electron chi connectivity index (χ4n) is 7.06. The summed E-state index contributed by atoms with van der Waals surface area (Å²) in [4.78, 5) is 31.6. The van der Waals surface area contributed by atoms with Crippen LogP contribution in [-0.4, -0.2) is 55.0 Å². The van der Waals surface area contributed by atoms with E-state index >= 15 is 0 Å². The highest BCUT2D eigenvalue weighted by Crippen LogP contribution is 2.58. The van der Waals surface area contributed by atoms with E-state index in [1.807, 2.05) is 23.1 Å². The maximum atomic E-state index is 14.4. The van der Waals surface area contributed by atoms with E-state index in [2.05, 4.69) is 85.3 Å². The highest BCUT2D eigenvalue weighted by molar-refractivity contribution is 6.02. The van der Waals surface area contributed by atoms with E-state index in [0.29, 0.717) is 25.2 Å². The van der Waals surface area contributed by atoms with Gasteiger partial charge in [-0.15, -0.1) is 0 Å². The van der Waals surface area contributed by atoms with Crippen molar-refractivity contribution in [1.82, 2.24) is 10.2 Å². The Hall–Kier alpha value is -4.89. The predicted octanol–water partition coefficient (Wildman–Crippen LogP) is 6.93. The van der Waals surface area contributed by atoms with Crippen LogP contribution < -0.4 is 19.9 Å². The number of carbonyl (C=O) groups excluding carboxylic acids is 1. The molecule has 0 bridgehead atoms. The van der Waals surface area contributed by atoms with Crippen molar-refractivity contribution in [2.24, 2.45) is 0 Å². The quantitative estimate of drug-likeness (QED) is 0.104. The zero-order chi connectivity index (χ0) is 32.4. The molecule has 6 rings (SSSR count). The number of amides is 1. The molecule has 1 N–H and O–H groups in total. The number of benzene rings is 4. The van der Waals surface area contributed by atoms with Crippen LogP contribution in [0.25, 0.3) is 0 Å². The number of nitrogens with zero attached hydrogens (tertiary/aromatic N) is 4. The third-order valence-electron chi connectivity index (χ3n) is 9.37. The van der Waals surface area contributed by atoms with Gasteiger partial charge in [0, 0.05) is 98.1 Å². The van der Waals surface area contributed by atoms with Gasteiger partial charge in [0.2, 0.25) is 0 Å². The molecule has 0 saturated carbocycles. The Bertz CT molecular complexity index is 1690. The zero-order valence-corrected chi connectivity index (χ0v) is 27.0. The van der Waals surface area contributed by atoms with E-state index in [4.69, 9.17) is 4.74 Å². The van der Waals surface area contributed by atoms with Crippen molar-refractivity contribution in [3.63, 3.8) is 0 Å². The third-order valence-corrected chi connectivity index (χ3v) is 9.37. The lowest BCUT2D eigenvalue weighted by Gasteiger charge is -2.45. The lowest BCUT2D eigenvalue weighted by Crippen LogP contribution is -2.49. The average Bonchev–Trinajstić information content (AvgIpc) is 3.32. The van der Waals surface area contributed by atoms with Gasteiger partial charge in [0.25, 0.3) is 11.6 Å². The molecule has 0 radical (unpaired) electrons. The summed E-state index contributed by atoms with van der Waals surface area (Å²) in [5.41, 5.74) is 5.81. The highest BCUT2D eigenvalue weighted by Gasteiger charge is 2.56. The number of hydrogen-bond donors (Lipinski definition) is 1. The standard InChI is InChI=1S/C37H41N5O4/c1-5-39(6-2)28-17-19-32-34(23-28)46-35-24-29(40(7-3)8-4)18-20-33(35)37(32)31-12-10-9-11-30(31)36(43)41(37)22-21-38-25-26-13-15-27(16-14-26)42(44)45/h9-20,23-24,38H,5-8,21-22,25H2,1-4H3. The van der Waals surface area contributed by atoms with Gasteiger partial charge >= 0.3 is 0 Å². The zero-order valence-electron chi connectivity index (χ0n) is 27.0. The lowest BCUT2D eigenvalue weighted by atomic mass is 9.74. The van der Waals surface area contributed by atoms with Gasteiger partial charge in [0.05, 0.1) is 4.92 Å². The Morgan fingerprint density at radius 2 is 1.35 bits per heavy atom. The number of nitro benzene ring substituents is 1. The highest BCUT2D eigenvalue weighted by atomic mass is 16.6. The molecule has 0 aliphatic carbocycles. The minimum atomic E-state index is -0.880. The molecule has 0 aromatic heterocycles. The monoisotopic (exact) mass is 619 g/mol. The molecule has 4 aromatic rings. The average molecular weight is 620 g/mol. The van der Waals surface area contributed by atoms with Gasteiger partial charge in [0.1, 0.15) is 17.0 Å². The molecule has 2 heterocycles. The maximum absolute atomic E-state index is 14.4. The molecule has 9 heteroatoms. The second-order valence-corrected chi connectivity index (χ2v) is 11.6. The van der Waals surface area contributed by atoms with E-state index < -0.39 is 10.5 Å². The Morgan fingerprint density at radius 3 is 1.89 bits per heavy atom. The summed E-state index contributed by atoms with van der Waals surface area (Å²) >= 11 is 0. The largest absolute Gasteiger partial charge is 0.456 e. The topological polar surface area (TPSA) is 91.2 Å². The Balaban J connectivity index is 1.44. The second kappa shape index (κ2) is 12.8. The van der Waals surface area contributed by atoms with E-state index in [1.165, 1.54) is 12.1 Å². The number of fused-ring (bicyclic) bond motifs is 6. The summed E-state index contributed by atoms with van der Waals surface area (Å²) in [6.07, 6.45) is 0. The number of non-ortho nitro benzene ring substituents is 1. The normalized spacial score (nSPS) is 14.0. The summed E-state index contributed by atoms with van der Waals surface area (Å²) in [6, 6.07) is 27.3. The van der Waals surface area contributed by atoms with Crippen LogP contribution in [0.1, 0.15) is 60.3 Å². The van der Waals surface area contributed by atoms with Crippen molar-refractivity contribution >= 4 is 23.0 Å². The molecule has 1 amide bonds. The second-order valence-electron chi connectivity index (χ2n) is 11.6. The van der Waals surface area contributed by atoms with Crippen molar-refractivity contribution in [3.8, 4) is 11.5 Å². The van der Waals surface area contributed by atoms with E-state index in [9.17, 15) is 14.9 Å². The molecule has 0 saturated heterocycles. The molecule has 0 atom stereocenters. The number of nitrogens with one attached hydrogen (secondary N) is 1. The first-order chi connectivity index (χ1) is 22.4. The van der Waals surface area contributed by atoms with Crippen LogP contribution in [0.3, 0.4) is 0 Å². The fourth-order valence-corrected chi connectivity index (χ4v) is 7.06. The summed E-state index contributed by atoms with van der Waals surface area (Å²) in [5.74, 6) is 1.48. The summed E-state index contributed by atoms with van der Waals surface area (Å²) in [7, 11) is 0. The molecule has 0 unspecified atom stereocenters. The van der Waals surface area contributed by atoms with Crippen molar-refractivity contribution in [1.29, 1.82) is 0 Å². The molecule has 2 aliphatic rings. The van der Waals surface area contributed by atoms with Gasteiger partial charge in [-0.1, -0.05) is 42.5 Å². The van der Waals surface area contributed by atoms with Crippen LogP contribution in [-0.2, 0) is 12.1 Å². The first-order valence-corrected chi connectivity index (χ1v) is 16.2. The molecule has 46 heavy (non-hydrogen) atoms. The number of carbonyl (C=O) groups is 1. The Labute approximate surface area is 270 Å². The minimum Gasteiger partial charge on any atom is -0.456 e. The molecular weight excluding hydrogens is 578 g/mol. The van der Waals surface area contributed by atoms with Crippen LogP contribution in [0.4, 0.5) is 17.1 Å². The third kappa shape index (κ3) is 5.14. The first kappa shape index (κ1) is 31.1. The van der Waals surface area contributed by atoms with Crippen molar-refractivity contribution in [2.75, 3.05) is 49.1 Å². The number of hydrogen-bond acceptors (Lipinski definition) is 7. The van der Waals surface area contributed by atoms with E-state index in [0.717, 1.165) is 71.3 Å². The van der Waals surface area contributed by atoms with Crippen LogP contribution in [0.5, 0.6) is 11.5 Å². The van der Waals surface area contributed by atoms with E-state index in [1.54, 1.807) is 12.1 Å². The smallest absolute Gasteiger partial charge is 0.269 e. The van der Waals surface area contributed by atoms with Crippen molar-refractivity contribution in [3.05, 3.63) is 123 Å². The molecule has 238 valence electrons. The van der Waals surface area contributed by atoms with Crippen molar-refractivity contribution in [2.45, 2.75) is 39.8 Å². The molecule has 9 nitrogen and oxygen atoms in total. The molecule has 1 spiro atoms. The van der Waals surface area contributed by atoms with Gasteiger partial charge in [-0.25, -0.2) is 0 Å². The molecular formula is C37H41N5O4. The Morgan fingerprint density at radius 1 is 0.783 bits per heavy atom. The first-order valence-electron chi connectivity index (χ1n) is 16.2. The number of ether oxygens (including phenoxy) is 1. The fraction of sp³-hybridized carbons (Fsp3) is 0.324. The van der Waals surface area contributed by atoms with Crippen LogP contribution >= 0.6 is 0 Å². The number of nitro groups is 1. The van der Waals surface area contributed by atoms with Gasteiger partial charge in [-0.05, 0) is 57.0 Å². The summed E-state index contributed by atoms with van der Waals surface area (Å²) < 4.78 is 6.78. The van der Waals surface area contributed by atoms with Gasteiger partial charge in [-0.2, -0.15) is 0 Å². The van der Waals surface area contributed by atoms with Crippen molar-refractivity contribution < 1.29 is 14.5 Å². The predicted molar refractivity (Wildman–Crippen MR) is 182 cm³/mol.